The summed E-state index contributed by atoms with van der Waals surface area (Å²) in [5, 5.41) is 2.82. The maximum atomic E-state index is 13.1. The van der Waals surface area contributed by atoms with Gasteiger partial charge in [0.1, 0.15) is 5.52 Å². The number of carbonyl (C=O) groups is 1. The van der Waals surface area contributed by atoms with E-state index in [1.807, 2.05) is 0 Å². The van der Waals surface area contributed by atoms with E-state index in [1.165, 1.54) is 13.1 Å². The predicted molar refractivity (Wildman–Crippen MR) is 138 cm³/mol. The number of methoxy groups -OCH3 is 1. The van der Waals surface area contributed by atoms with Gasteiger partial charge in [0, 0.05) is 63.0 Å². The summed E-state index contributed by atoms with van der Waals surface area (Å²) in [5.41, 5.74) is 2.50. The van der Waals surface area contributed by atoms with Gasteiger partial charge in [0.2, 0.25) is 11.9 Å². The number of hydrogen-bond acceptors (Lipinski definition) is 9. The van der Waals surface area contributed by atoms with Gasteiger partial charge in [-0.25, -0.2) is 19.7 Å². The van der Waals surface area contributed by atoms with Gasteiger partial charge in [-0.2, -0.15) is 0 Å². The molecule has 4 aromatic heterocycles. The number of anilines is 1. The minimum Gasteiger partial charge on any atom is -0.379 e. The topological polar surface area (TPSA) is 148 Å². The van der Waals surface area contributed by atoms with E-state index >= 15 is 0 Å². The van der Waals surface area contributed by atoms with Crippen LogP contribution < -0.4 is 16.6 Å². The lowest BCUT2D eigenvalue weighted by atomic mass is 10.0. The number of nitrogens with zero attached hydrogens (tertiary/aromatic N) is 6. The fourth-order valence-corrected chi connectivity index (χ4v) is 4.68. The molecule has 0 bridgehead atoms. The Morgan fingerprint density at radius 2 is 1.89 bits per heavy atom. The Kier molecular flexibility index (Phi) is 6.49. The van der Waals surface area contributed by atoms with E-state index in [2.05, 4.69) is 36.7 Å². The number of likely N-dealkylation sites (tertiary alicyclic amines) is 1. The molecule has 1 aliphatic rings. The standard InChI is InChI=1S/C25H26N8O4/c1-14(13-37-3)32-8-6-17(7-9-32)33-22-18(23(35)31-25(33)36)12-26-20-5-4-19(30-21(20)22)16-10-27-24(28-11-16)29-15(2)34/h4-5,10-12,17H,1,6-9,13H2,2-3H3,(H,31,35,36)(H,27,28,29,34). The van der Waals surface area contributed by atoms with Crippen LogP contribution in [0.1, 0.15) is 25.8 Å². The lowest BCUT2D eigenvalue weighted by Gasteiger charge is -2.35. The number of nitrogens with one attached hydrogen (secondary N) is 2. The lowest BCUT2D eigenvalue weighted by molar-refractivity contribution is -0.114. The Balaban J connectivity index is 1.60. The van der Waals surface area contributed by atoms with Crippen molar-refractivity contribution in [2.24, 2.45) is 0 Å². The zero-order chi connectivity index (χ0) is 26.1. The molecule has 0 saturated carbocycles. The Morgan fingerprint density at radius 3 is 2.57 bits per heavy atom. The maximum Gasteiger partial charge on any atom is 0.329 e. The number of H-pyrrole nitrogens is 1. The number of fused-ring (bicyclic) bond motifs is 3. The summed E-state index contributed by atoms with van der Waals surface area (Å²) in [4.78, 5) is 59.3. The third kappa shape index (κ3) is 4.70. The Hall–Kier alpha value is -4.45. The van der Waals surface area contributed by atoms with Crippen LogP contribution in [0.15, 0.2) is 52.6 Å². The molecule has 37 heavy (non-hydrogen) atoms. The maximum absolute atomic E-state index is 13.1. The molecule has 190 valence electrons. The van der Waals surface area contributed by atoms with Gasteiger partial charge < -0.3 is 9.64 Å². The number of hydrogen-bond donors (Lipinski definition) is 2. The number of aromatic amines is 1. The van der Waals surface area contributed by atoms with E-state index in [0.717, 1.165) is 5.70 Å². The van der Waals surface area contributed by atoms with Gasteiger partial charge in [0.25, 0.3) is 5.56 Å². The van der Waals surface area contributed by atoms with Crippen LogP contribution in [0.4, 0.5) is 5.95 Å². The first kappa shape index (κ1) is 24.3. The van der Waals surface area contributed by atoms with Gasteiger partial charge in [0.15, 0.2) is 0 Å². The largest absolute Gasteiger partial charge is 0.379 e. The molecule has 0 radical (unpaired) electrons. The molecular weight excluding hydrogens is 476 g/mol. The predicted octanol–water partition coefficient (Wildman–Crippen LogP) is 1.85. The monoisotopic (exact) mass is 502 g/mol. The van der Waals surface area contributed by atoms with Crippen LogP contribution in [0.25, 0.3) is 33.2 Å². The van der Waals surface area contributed by atoms with Crippen molar-refractivity contribution < 1.29 is 9.53 Å². The van der Waals surface area contributed by atoms with Crippen LogP contribution in [0.2, 0.25) is 0 Å². The summed E-state index contributed by atoms with van der Waals surface area (Å²) in [6, 6.07) is 3.41. The summed E-state index contributed by atoms with van der Waals surface area (Å²) in [7, 11) is 1.63. The van der Waals surface area contributed by atoms with E-state index in [1.54, 1.807) is 36.2 Å². The van der Waals surface area contributed by atoms with Crippen molar-refractivity contribution >= 4 is 33.8 Å². The van der Waals surface area contributed by atoms with Gasteiger partial charge >= 0.3 is 5.69 Å². The molecule has 0 unspecified atom stereocenters. The van der Waals surface area contributed by atoms with Crippen LogP contribution in [0.5, 0.6) is 0 Å². The first-order valence-electron chi connectivity index (χ1n) is 11.8. The highest BCUT2D eigenvalue weighted by atomic mass is 16.5. The zero-order valence-electron chi connectivity index (χ0n) is 20.5. The number of piperidine rings is 1. The van der Waals surface area contributed by atoms with E-state index in [9.17, 15) is 14.4 Å². The molecule has 1 amide bonds. The summed E-state index contributed by atoms with van der Waals surface area (Å²) < 4.78 is 6.84. The minimum absolute atomic E-state index is 0.144. The Morgan fingerprint density at radius 1 is 1.16 bits per heavy atom. The first-order chi connectivity index (χ1) is 17.9. The Bertz CT molecular complexity index is 1620. The number of ether oxygens (including phenoxy) is 1. The molecule has 4 aromatic rings. The van der Waals surface area contributed by atoms with Crippen LogP contribution in [-0.2, 0) is 9.53 Å². The fourth-order valence-electron chi connectivity index (χ4n) is 4.68. The van der Waals surface area contributed by atoms with Gasteiger partial charge in [-0.05, 0) is 25.0 Å². The average molecular weight is 503 g/mol. The average Bonchev–Trinajstić information content (AvgIpc) is 2.89. The zero-order valence-corrected chi connectivity index (χ0v) is 20.5. The van der Waals surface area contributed by atoms with E-state index < -0.39 is 11.2 Å². The Labute approximate surface area is 211 Å². The molecule has 12 nitrogen and oxygen atoms in total. The second-order valence-corrected chi connectivity index (χ2v) is 8.91. The smallest absolute Gasteiger partial charge is 0.329 e. The van der Waals surface area contributed by atoms with Crippen molar-refractivity contribution in [3.8, 4) is 11.3 Å². The summed E-state index contributed by atoms with van der Waals surface area (Å²) in [6.45, 7) is 7.32. The number of aromatic nitrogens is 6. The SMILES string of the molecule is C=C(COC)N1CCC(n2c(=O)[nH]c(=O)c3cnc4ccc(-c5cnc(NC(C)=O)nc5)nc4c32)CC1. The molecular formula is C25H26N8O4. The van der Waals surface area contributed by atoms with E-state index in [4.69, 9.17) is 9.72 Å². The number of amides is 1. The minimum atomic E-state index is -0.508. The highest BCUT2D eigenvalue weighted by molar-refractivity contribution is 6.01. The summed E-state index contributed by atoms with van der Waals surface area (Å²) in [5.74, 6) is -0.0878. The highest BCUT2D eigenvalue weighted by Crippen LogP contribution is 2.29. The van der Waals surface area contributed by atoms with Crippen LogP contribution in [-0.4, -0.2) is 67.1 Å². The molecule has 0 aromatic carbocycles. The van der Waals surface area contributed by atoms with Crippen molar-refractivity contribution in [3.63, 3.8) is 0 Å². The lowest BCUT2D eigenvalue weighted by Crippen LogP contribution is -2.40. The summed E-state index contributed by atoms with van der Waals surface area (Å²) in [6.07, 6.45) is 5.95. The summed E-state index contributed by atoms with van der Waals surface area (Å²) >= 11 is 0. The molecule has 1 aliphatic heterocycles. The normalized spacial score (nSPS) is 14.3. The van der Waals surface area contributed by atoms with Crippen molar-refractivity contribution in [2.75, 3.05) is 32.1 Å². The molecule has 1 saturated heterocycles. The van der Waals surface area contributed by atoms with Gasteiger partial charge in [-0.3, -0.25) is 29.4 Å². The van der Waals surface area contributed by atoms with Gasteiger partial charge in [-0.1, -0.05) is 6.58 Å². The first-order valence-corrected chi connectivity index (χ1v) is 11.8. The third-order valence-electron chi connectivity index (χ3n) is 6.43. The van der Waals surface area contributed by atoms with Crippen molar-refractivity contribution in [3.05, 3.63) is 63.8 Å². The van der Waals surface area contributed by atoms with Crippen molar-refractivity contribution in [2.45, 2.75) is 25.8 Å². The van der Waals surface area contributed by atoms with Crippen molar-refractivity contribution in [1.29, 1.82) is 0 Å². The molecule has 0 aliphatic carbocycles. The molecule has 0 atom stereocenters. The van der Waals surface area contributed by atoms with Crippen LogP contribution in [0.3, 0.4) is 0 Å². The molecule has 1 fully saturated rings. The number of carbonyl (C=O) groups excluding carboxylic acids is 1. The van der Waals surface area contributed by atoms with Crippen molar-refractivity contribution in [1.82, 2.24) is 34.4 Å². The quantitative estimate of drug-likeness (QED) is 0.377. The van der Waals surface area contributed by atoms with E-state index in [0.29, 0.717) is 65.7 Å². The van der Waals surface area contributed by atoms with Crippen LogP contribution >= 0.6 is 0 Å². The van der Waals surface area contributed by atoms with Gasteiger partial charge in [0.05, 0.1) is 28.7 Å². The molecule has 2 N–H and O–H groups in total. The molecule has 5 heterocycles. The molecule has 0 spiro atoms. The van der Waals surface area contributed by atoms with E-state index in [-0.39, 0.29) is 17.9 Å². The highest BCUT2D eigenvalue weighted by Gasteiger charge is 2.25. The second kappa shape index (κ2) is 9.90. The second-order valence-electron chi connectivity index (χ2n) is 8.91. The number of pyridine rings is 2. The van der Waals surface area contributed by atoms with Crippen LogP contribution in [0, 0.1) is 0 Å². The molecule has 5 rings (SSSR count). The third-order valence-corrected chi connectivity index (χ3v) is 6.43. The van der Waals surface area contributed by atoms with Gasteiger partial charge in [-0.15, -0.1) is 0 Å². The fraction of sp³-hybridized carbons (Fsp3) is 0.320. The number of rotatable bonds is 6. The molecule has 12 heteroatoms.